The maximum absolute atomic E-state index is 12.2. The van der Waals surface area contributed by atoms with Crippen molar-refractivity contribution in [2.45, 2.75) is 26.1 Å². The lowest BCUT2D eigenvalue weighted by atomic mass is 9.97. The summed E-state index contributed by atoms with van der Waals surface area (Å²) < 4.78 is 10.7. The number of carbonyl (C=O) groups is 1. The smallest absolute Gasteiger partial charge is 0.199 e. The highest BCUT2D eigenvalue weighted by molar-refractivity contribution is 6.08. The SMILES string of the molecule is COC1CCC(C(=O)c2ccccc2)=C(C)O1. The van der Waals surface area contributed by atoms with Gasteiger partial charge in [0.05, 0.1) is 0 Å². The Kier molecular flexibility index (Phi) is 3.59. The number of ether oxygens (including phenoxy) is 2. The second-order valence-corrected chi connectivity index (χ2v) is 4.05. The first-order chi connectivity index (χ1) is 8.22. The third-order valence-electron chi connectivity index (χ3n) is 2.94. The summed E-state index contributed by atoms with van der Waals surface area (Å²) in [6.45, 7) is 1.82. The summed E-state index contributed by atoms with van der Waals surface area (Å²) in [7, 11) is 1.61. The van der Waals surface area contributed by atoms with Gasteiger partial charge in [-0.15, -0.1) is 0 Å². The van der Waals surface area contributed by atoms with Crippen molar-refractivity contribution in [1.82, 2.24) is 0 Å². The molecule has 2 rings (SSSR count). The van der Waals surface area contributed by atoms with E-state index in [2.05, 4.69) is 0 Å². The van der Waals surface area contributed by atoms with Crippen LogP contribution in [0.2, 0.25) is 0 Å². The van der Waals surface area contributed by atoms with E-state index in [1.807, 2.05) is 37.3 Å². The largest absolute Gasteiger partial charge is 0.469 e. The van der Waals surface area contributed by atoms with E-state index >= 15 is 0 Å². The number of allylic oxidation sites excluding steroid dienone is 2. The molecule has 0 saturated heterocycles. The monoisotopic (exact) mass is 232 g/mol. The van der Waals surface area contributed by atoms with E-state index in [4.69, 9.17) is 9.47 Å². The highest BCUT2D eigenvalue weighted by Crippen LogP contribution is 2.26. The van der Waals surface area contributed by atoms with E-state index in [9.17, 15) is 4.79 Å². The maximum atomic E-state index is 12.2. The Morgan fingerprint density at radius 2 is 2.06 bits per heavy atom. The van der Waals surface area contributed by atoms with Crippen LogP contribution in [-0.4, -0.2) is 19.2 Å². The van der Waals surface area contributed by atoms with Gasteiger partial charge in [-0.2, -0.15) is 0 Å². The van der Waals surface area contributed by atoms with Crippen molar-refractivity contribution in [3.63, 3.8) is 0 Å². The van der Waals surface area contributed by atoms with E-state index in [1.54, 1.807) is 7.11 Å². The summed E-state index contributed by atoms with van der Waals surface area (Å²) in [4.78, 5) is 12.2. The Morgan fingerprint density at radius 1 is 1.35 bits per heavy atom. The molecule has 3 heteroatoms. The van der Waals surface area contributed by atoms with E-state index in [1.165, 1.54) is 0 Å². The minimum atomic E-state index is -0.220. The Hall–Kier alpha value is -1.61. The number of ketones is 1. The zero-order chi connectivity index (χ0) is 12.3. The van der Waals surface area contributed by atoms with Crippen LogP contribution in [-0.2, 0) is 9.47 Å². The predicted molar refractivity (Wildman–Crippen MR) is 64.6 cm³/mol. The molecule has 1 aliphatic heterocycles. The van der Waals surface area contributed by atoms with Gasteiger partial charge in [0.25, 0.3) is 0 Å². The van der Waals surface area contributed by atoms with Gasteiger partial charge in [-0.05, 0) is 13.3 Å². The van der Waals surface area contributed by atoms with Crippen molar-refractivity contribution in [3.05, 3.63) is 47.2 Å². The maximum Gasteiger partial charge on any atom is 0.199 e. The van der Waals surface area contributed by atoms with Crippen LogP contribution >= 0.6 is 0 Å². The fraction of sp³-hybridized carbons (Fsp3) is 0.357. The van der Waals surface area contributed by atoms with Gasteiger partial charge in [-0.25, -0.2) is 0 Å². The number of benzene rings is 1. The summed E-state index contributed by atoms with van der Waals surface area (Å²) in [5, 5.41) is 0. The molecule has 0 aliphatic carbocycles. The van der Waals surface area contributed by atoms with Crippen molar-refractivity contribution >= 4 is 5.78 Å². The Labute approximate surface area is 101 Å². The predicted octanol–water partition coefficient (Wildman–Crippen LogP) is 2.93. The average Bonchev–Trinajstić information content (AvgIpc) is 2.39. The number of hydrogen-bond donors (Lipinski definition) is 0. The molecule has 1 aromatic carbocycles. The minimum absolute atomic E-state index is 0.0534. The Morgan fingerprint density at radius 3 is 2.65 bits per heavy atom. The van der Waals surface area contributed by atoms with Crippen molar-refractivity contribution in [1.29, 1.82) is 0 Å². The molecule has 0 amide bonds. The molecule has 0 fully saturated rings. The second-order valence-electron chi connectivity index (χ2n) is 4.05. The molecule has 1 heterocycles. The molecule has 1 unspecified atom stereocenters. The summed E-state index contributed by atoms with van der Waals surface area (Å²) in [6, 6.07) is 9.28. The second kappa shape index (κ2) is 5.15. The van der Waals surface area contributed by atoms with E-state index < -0.39 is 0 Å². The molecule has 1 atom stereocenters. The summed E-state index contributed by atoms with van der Waals surface area (Å²) in [5.74, 6) is 0.731. The third-order valence-corrected chi connectivity index (χ3v) is 2.94. The van der Waals surface area contributed by atoms with Crippen molar-refractivity contribution < 1.29 is 14.3 Å². The van der Waals surface area contributed by atoms with Gasteiger partial charge >= 0.3 is 0 Å². The van der Waals surface area contributed by atoms with Crippen LogP contribution in [0, 0.1) is 0 Å². The Bertz CT molecular complexity index is 434. The van der Waals surface area contributed by atoms with Crippen LogP contribution in [0.25, 0.3) is 0 Å². The fourth-order valence-corrected chi connectivity index (χ4v) is 1.97. The molecule has 0 N–H and O–H groups in total. The van der Waals surface area contributed by atoms with Crippen LogP contribution in [0.15, 0.2) is 41.7 Å². The molecule has 1 aromatic rings. The van der Waals surface area contributed by atoms with Gasteiger partial charge in [-0.1, -0.05) is 30.3 Å². The van der Waals surface area contributed by atoms with Gasteiger partial charge in [-0.3, -0.25) is 4.79 Å². The van der Waals surface area contributed by atoms with E-state index in [0.29, 0.717) is 17.7 Å². The molecular weight excluding hydrogens is 216 g/mol. The van der Waals surface area contributed by atoms with Crippen molar-refractivity contribution in [2.24, 2.45) is 0 Å². The number of Topliss-reactive ketones (excluding diaryl/α,β-unsaturated/α-hetero) is 1. The molecule has 3 nitrogen and oxygen atoms in total. The highest BCUT2D eigenvalue weighted by Gasteiger charge is 2.24. The first-order valence-electron chi connectivity index (χ1n) is 5.71. The molecule has 0 saturated carbocycles. The Balaban J connectivity index is 2.21. The molecule has 17 heavy (non-hydrogen) atoms. The zero-order valence-electron chi connectivity index (χ0n) is 10.1. The zero-order valence-corrected chi connectivity index (χ0v) is 10.1. The van der Waals surface area contributed by atoms with Crippen LogP contribution in [0.5, 0.6) is 0 Å². The lowest BCUT2D eigenvalue weighted by Crippen LogP contribution is -2.22. The van der Waals surface area contributed by atoms with Gasteiger partial charge < -0.3 is 9.47 Å². The van der Waals surface area contributed by atoms with Gasteiger partial charge in [0.2, 0.25) is 0 Å². The van der Waals surface area contributed by atoms with Gasteiger partial charge in [0.15, 0.2) is 12.1 Å². The number of carbonyl (C=O) groups excluding carboxylic acids is 1. The van der Waals surface area contributed by atoms with Crippen LogP contribution in [0.4, 0.5) is 0 Å². The lowest BCUT2D eigenvalue weighted by Gasteiger charge is -2.25. The molecule has 0 radical (unpaired) electrons. The summed E-state index contributed by atoms with van der Waals surface area (Å²) >= 11 is 0. The first-order valence-corrected chi connectivity index (χ1v) is 5.71. The summed E-state index contributed by atoms with van der Waals surface area (Å²) in [5.41, 5.74) is 1.46. The molecule has 1 aliphatic rings. The van der Waals surface area contributed by atoms with E-state index in [0.717, 1.165) is 12.0 Å². The number of methoxy groups -OCH3 is 1. The van der Waals surface area contributed by atoms with Crippen LogP contribution in [0.1, 0.15) is 30.1 Å². The molecular formula is C14H16O3. The quantitative estimate of drug-likeness (QED) is 0.752. The van der Waals surface area contributed by atoms with Gasteiger partial charge in [0, 0.05) is 24.7 Å². The number of hydrogen-bond acceptors (Lipinski definition) is 3. The van der Waals surface area contributed by atoms with Crippen LogP contribution < -0.4 is 0 Å². The lowest BCUT2D eigenvalue weighted by molar-refractivity contribution is -0.105. The van der Waals surface area contributed by atoms with Crippen LogP contribution in [0.3, 0.4) is 0 Å². The molecule has 0 spiro atoms. The fourth-order valence-electron chi connectivity index (χ4n) is 1.97. The minimum Gasteiger partial charge on any atom is -0.469 e. The molecule has 90 valence electrons. The highest BCUT2D eigenvalue weighted by atomic mass is 16.7. The van der Waals surface area contributed by atoms with E-state index in [-0.39, 0.29) is 12.1 Å². The molecule has 0 aromatic heterocycles. The third kappa shape index (κ3) is 2.56. The normalized spacial score (nSPS) is 20.0. The average molecular weight is 232 g/mol. The first kappa shape index (κ1) is 11.9. The standard InChI is InChI=1S/C14H16O3/c1-10-12(8-9-13(16-2)17-10)14(15)11-6-4-3-5-7-11/h3-7,13H,8-9H2,1-2H3. The van der Waals surface area contributed by atoms with Gasteiger partial charge in [0.1, 0.15) is 5.76 Å². The number of rotatable bonds is 3. The topological polar surface area (TPSA) is 35.5 Å². The molecule has 0 bridgehead atoms. The van der Waals surface area contributed by atoms with Crippen molar-refractivity contribution in [2.75, 3.05) is 7.11 Å². The van der Waals surface area contributed by atoms with Crippen molar-refractivity contribution in [3.8, 4) is 0 Å². The summed E-state index contributed by atoms with van der Waals surface area (Å²) in [6.07, 6.45) is 1.21.